The maximum absolute atomic E-state index is 12.3. The number of aryl methyl sites for hydroxylation is 3. The SMILES string of the molecule is CCN(C(=O)CCc1coc(C)n1)c1cccc(C)c1. The van der Waals surface area contributed by atoms with Crippen LogP contribution in [0.3, 0.4) is 0 Å². The number of hydrogen-bond donors (Lipinski definition) is 0. The molecule has 0 saturated heterocycles. The van der Waals surface area contributed by atoms with Crippen LogP contribution < -0.4 is 4.90 Å². The minimum Gasteiger partial charge on any atom is -0.449 e. The molecule has 0 aliphatic carbocycles. The lowest BCUT2D eigenvalue weighted by atomic mass is 10.2. The van der Waals surface area contributed by atoms with Crippen molar-refractivity contribution in [1.29, 1.82) is 0 Å². The van der Waals surface area contributed by atoms with E-state index in [2.05, 4.69) is 4.98 Å². The summed E-state index contributed by atoms with van der Waals surface area (Å²) in [6, 6.07) is 8.00. The van der Waals surface area contributed by atoms with Gasteiger partial charge in [0, 0.05) is 32.0 Å². The molecule has 0 fully saturated rings. The van der Waals surface area contributed by atoms with Crippen LogP contribution in [0.25, 0.3) is 0 Å². The van der Waals surface area contributed by atoms with E-state index < -0.39 is 0 Å². The van der Waals surface area contributed by atoms with Gasteiger partial charge >= 0.3 is 0 Å². The van der Waals surface area contributed by atoms with Crippen LogP contribution in [-0.4, -0.2) is 17.4 Å². The van der Waals surface area contributed by atoms with Crippen molar-refractivity contribution in [3.63, 3.8) is 0 Å². The summed E-state index contributed by atoms with van der Waals surface area (Å²) in [5.74, 6) is 0.747. The second-order valence-electron chi connectivity index (χ2n) is 4.83. The third kappa shape index (κ3) is 3.47. The standard InChI is InChI=1S/C16H20N2O2/c1-4-18(15-7-5-6-12(2)10-15)16(19)9-8-14-11-20-13(3)17-14/h5-7,10-11H,4,8-9H2,1-3H3. The molecule has 1 heterocycles. The lowest BCUT2D eigenvalue weighted by Crippen LogP contribution is -2.30. The van der Waals surface area contributed by atoms with E-state index >= 15 is 0 Å². The summed E-state index contributed by atoms with van der Waals surface area (Å²) in [6.45, 7) is 6.48. The number of oxazole rings is 1. The Kier molecular flexibility index (Phi) is 4.56. The zero-order chi connectivity index (χ0) is 14.5. The molecular formula is C16H20N2O2. The Morgan fingerprint density at radius 3 is 2.75 bits per heavy atom. The summed E-state index contributed by atoms with van der Waals surface area (Å²) in [5.41, 5.74) is 2.94. The van der Waals surface area contributed by atoms with E-state index in [0.717, 1.165) is 16.9 Å². The molecule has 2 rings (SSSR count). The number of carbonyl (C=O) groups excluding carboxylic acids is 1. The second kappa shape index (κ2) is 6.37. The molecule has 0 unspecified atom stereocenters. The van der Waals surface area contributed by atoms with Gasteiger partial charge < -0.3 is 9.32 Å². The highest BCUT2D eigenvalue weighted by Crippen LogP contribution is 2.17. The van der Waals surface area contributed by atoms with Crippen LogP contribution in [0.1, 0.15) is 30.5 Å². The van der Waals surface area contributed by atoms with Crippen molar-refractivity contribution >= 4 is 11.6 Å². The van der Waals surface area contributed by atoms with Gasteiger partial charge in [-0.2, -0.15) is 0 Å². The van der Waals surface area contributed by atoms with Gasteiger partial charge in [-0.05, 0) is 31.5 Å². The summed E-state index contributed by atoms with van der Waals surface area (Å²) < 4.78 is 5.15. The summed E-state index contributed by atoms with van der Waals surface area (Å²) in [4.78, 5) is 18.4. The maximum atomic E-state index is 12.3. The molecule has 0 aliphatic rings. The van der Waals surface area contributed by atoms with Gasteiger partial charge in [-0.15, -0.1) is 0 Å². The minimum absolute atomic E-state index is 0.110. The molecule has 0 aliphatic heterocycles. The van der Waals surface area contributed by atoms with Crippen LogP contribution in [0.15, 0.2) is 34.9 Å². The van der Waals surface area contributed by atoms with Gasteiger partial charge in [0.1, 0.15) is 6.26 Å². The Morgan fingerprint density at radius 2 is 2.15 bits per heavy atom. The molecule has 1 aromatic carbocycles. The van der Waals surface area contributed by atoms with Gasteiger partial charge in [-0.3, -0.25) is 4.79 Å². The molecule has 106 valence electrons. The minimum atomic E-state index is 0.110. The van der Waals surface area contributed by atoms with E-state index in [4.69, 9.17) is 4.42 Å². The fourth-order valence-corrected chi connectivity index (χ4v) is 2.19. The first-order valence-electron chi connectivity index (χ1n) is 6.88. The first kappa shape index (κ1) is 14.3. The zero-order valence-corrected chi connectivity index (χ0v) is 12.2. The van der Waals surface area contributed by atoms with Gasteiger partial charge in [0.15, 0.2) is 5.89 Å². The van der Waals surface area contributed by atoms with Crippen LogP contribution in [0.4, 0.5) is 5.69 Å². The molecule has 0 saturated carbocycles. The number of carbonyl (C=O) groups is 1. The van der Waals surface area contributed by atoms with Gasteiger partial charge in [0.05, 0.1) is 5.69 Å². The average molecular weight is 272 g/mol. The third-order valence-electron chi connectivity index (χ3n) is 3.19. The molecule has 0 radical (unpaired) electrons. The normalized spacial score (nSPS) is 10.6. The summed E-state index contributed by atoms with van der Waals surface area (Å²) in [6.07, 6.45) is 2.66. The molecule has 0 N–H and O–H groups in total. The Hall–Kier alpha value is -2.10. The smallest absolute Gasteiger partial charge is 0.227 e. The quantitative estimate of drug-likeness (QED) is 0.839. The van der Waals surface area contributed by atoms with E-state index in [-0.39, 0.29) is 5.91 Å². The molecular weight excluding hydrogens is 252 g/mol. The Labute approximate surface area is 119 Å². The monoisotopic (exact) mass is 272 g/mol. The molecule has 1 aromatic heterocycles. The highest BCUT2D eigenvalue weighted by atomic mass is 16.3. The summed E-state index contributed by atoms with van der Waals surface area (Å²) in [7, 11) is 0. The molecule has 2 aromatic rings. The molecule has 0 spiro atoms. The van der Waals surface area contributed by atoms with Gasteiger partial charge in [0.25, 0.3) is 0 Å². The van der Waals surface area contributed by atoms with E-state index in [0.29, 0.717) is 25.3 Å². The van der Waals surface area contributed by atoms with Crippen LogP contribution in [0.5, 0.6) is 0 Å². The zero-order valence-electron chi connectivity index (χ0n) is 12.2. The van der Waals surface area contributed by atoms with Crippen molar-refractivity contribution in [2.24, 2.45) is 0 Å². The van der Waals surface area contributed by atoms with Crippen LogP contribution in [0, 0.1) is 13.8 Å². The fourth-order valence-electron chi connectivity index (χ4n) is 2.19. The van der Waals surface area contributed by atoms with E-state index in [1.165, 1.54) is 0 Å². The fraction of sp³-hybridized carbons (Fsp3) is 0.375. The van der Waals surface area contributed by atoms with Crippen molar-refractivity contribution in [2.45, 2.75) is 33.6 Å². The second-order valence-corrected chi connectivity index (χ2v) is 4.83. The number of nitrogens with zero attached hydrogens (tertiary/aromatic N) is 2. The lowest BCUT2D eigenvalue weighted by molar-refractivity contribution is -0.118. The van der Waals surface area contributed by atoms with Crippen LogP contribution in [-0.2, 0) is 11.2 Å². The van der Waals surface area contributed by atoms with Gasteiger partial charge in [-0.1, -0.05) is 12.1 Å². The number of anilines is 1. The van der Waals surface area contributed by atoms with E-state index in [1.54, 1.807) is 18.1 Å². The largest absolute Gasteiger partial charge is 0.449 e. The average Bonchev–Trinajstić information content (AvgIpc) is 2.83. The van der Waals surface area contributed by atoms with Crippen molar-refractivity contribution in [3.8, 4) is 0 Å². The Bertz CT molecular complexity index is 590. The number of hydrogen-bond acceptors (Lipinski definition) is 3. The number of aromatic nitrogens is 1. The van der Waals surface area contributed by atoms with Crippen molar-refractivity contribution < 1.29 is 9.21 Å². The Balaban J connectivity index is 2.02. The molecule has 4 heteroatoms. The molecule has 0 bridgehead atoms. The number of rotatable bonds is 5. The first-order chi connectivity index (χ1) is 9.60. The summed E-state index contributed by atoms with van der Waals surface area (Å²) >= 11 is 0. The highest BCUT2D eigenvalue weighted by molar-refractivity contribution is 5.93. The van der Waals surface area contributed by atoms with Gasteiger partial charge in [0.2, 0.25) is 5.91 Å². The van der Waals surface area contributed by atoms with Crippen LogP contribution >= 0.6 is 0 Å². The van der Waals surface area contributed by atoms with E-state index in [9.17, 15) is 4.79 Å². The van der Waals surface area contributed by atoms with Gasteiger partial charge in [-0.25, -0.2) is 4.98 Å². The highest BCUT2D eigenvalue weighted by Gasteiger charge is 2.14. The molecule has 1 amide bonds. The predicted octanol–water partition coefficient (Wildman–Crippen LogP) is 3.28. The molecule has 4 nitrogen and oxygen atoms in total. The maximum Gasteiger partial charge on any atom is 0.227 e. The van der Waals surface area contributed by atoms with Crippen molar-refractivity contribution in [2.75, 3.05) is 11.4 Å². The lowest BCUT2D eigenvalue weighted by Gasteiger charge is -2.21. The first-order valence-corrected chi connectivity index (χ1v) is 6.88. The van der Waals surface area contributed by atoms with E-state index in [1.807, 2.05) is 38.1 Å². The Morgan fingerprint density at radius 1 is 1.35 bits per heavy atom. The predicted molar refractivity (Wildman–Crippen MR) is 78.8 cm³/mol. The third-order valence-corrected chi connectivity index (χ3v) is 3.19. The number of amides is 1. The molecule has 20 heavy (non-hydrogen) atoms. The topological polar surface area (TPSA) is 46.3 Å². The molecule has 0 atom stereocenters. The summed E-state index contributed by atoms with van der Waals surface area (Å²) in [5, 5.41) is 0. The van der Waals surface area contributed by atoms with Crippen molar-refractivity contribution in [1.82, 2.24) is 4.98 Å². The van der Waals surface area contributed by atoms with Crippen LogP contribution in [0.2, 0.25) is 0 Å². The number of benzene rings is 1. The van der Waals surface area contributed by atoms with Crippen molar-refractivity contribution in [3.05, 3.63) is 47.7 Å².